The van der Waals surface area contributed by atoms with Crippen LogP contribution in [0, 0.1) is 13.8 Å². The number of hydrogen-bond acceptors (Lipinski definition) is 5. The van der Waals surface area contributed by atoms with E-state index in [1.165, 1.54) is 11.3 Å². The highest BCUT2D eigenvalue weighted by molar-refractivity contribution is 9.10. The van der Waals surface area contributed by atoms with Gasteiger partial charge >= 0.3 is 0 Å². The topological polar surface area (TPSA) is 68.0 Å². The number of carbonyl (C=O) groups is 1. The molecule has 5 nitrogen and oxygen atoms in total. The molecule has 0 aliphatic rings. The molecule has 0 fully saturated rings. The van der Waals surface area contributed by atoms with Crippen LogP contribution < -0.4 is 5.32 Å². The Morgan fingerprint density at radius 2 is 2.05 bits per heavy atom. The molecule has 0 spiro atoms. The van der Waals surface area contributed by atoms with Crippen LogP contribution in [0.2, 0.25) is 0 Å². The first-order chi connectivity index (χ1) is 10.5. The summed E-state index contributed by atoms with van der Waals surface area (Å²) in [5.74, 6) is 0.813. The molecule has 112 valence electrons. The first-order valence-electron chi connectivity index (χ1n) is 6.51. The zero-order chi connectivity index (χ0) is 15.7. The van der Waals surface area contributed by atoms with Crippen LogP contribution in [-0.2, 0) is 0 Å². The second kappa shape index (κ2) is 6.02. The van der Waals surface area contributed by atoms with E-state index in [0.717, 1.165) is 19.9 Å². The first kappa shape index (κ1) is 14.9. The molecule has 0 unspecified atom stereocenters. The minimum Gasteiger partial charge on any atom is -0.420 e. The van der Waals surface area contributed by atoms with Gasteiger partial charge in [-0.15, -0.1) is 21.5 Å². The van der Waals surface area contributed by atoms with E-state index in [2.05, 4.69) is 31.4 Å². The lowest BCUT2D eigenvalue weighted by Gasteiger charge is -2.05. The number of amides is 1. The van der Waals surface area contributed by atoms with Crippen LogP contribution in [0.25, 0.3) is 10.8 Å². The third kappa shape index (κ3) is 2.95. The molecule has 0 saturated carbocycles. The maximum Gasteiger partial charge on any atom is 0.257 e. The van der Waals surface area contributed by atoms with Crippen molar-refractivity contribution < 1.29 is 9.21 Å². The second-order valence-corrected chi connectivity index (χ2v) is 6.75. The molecule has 2 aromatic heterocycles. The first-order valence-corrected chi connectivity index (χ1v) is 8.12. The van der Waals surface area contributed by atoms with Crippen molar-refractivity contribution in [3.63, 3.8) is 0 Å². The van der Waals surface area contributed by atoms with E-state index in [4.69, 9.17) is 4.42 Å². The van der Waals surface area contributed by atoms with Crippen molar-refractivity contribution in [1.29, 1.82) is 0 Å². The van der Waals surface area contributed by atoms with Gasteiger partial charge in [0, 0.05) is 16.3 Å². The van der Waals surface area contributed by atoms with E-state index >= 15 is 0 Å². The summed E-state index contributed by atoms with van der Waals surface area (Å²) >= 11 is 4.88. The van der Waals surface area contributed by atoms with E-state index < -0.39 is 0 Å². The number of anilines is 1. The number of nitrogens with zero attached hydrogens (tertiary/aromatic N) is 2. The molecule has 0 aliphatic heterocycles. The second-order valence-electron chi connectivity index (χ2n) is 4.64. The SMILES string of the molecule is Cc1nnc(-c2cc(NC(=O)c3ccccc3Br)c(C)s2)o1. The van der Waals surface area contributed by atoms with E-state index in [1.807, 2.05) is 31.2 Å². The van der Waals surface area contributed by atoms with Crippen LogP contribution in [0.1, 0.15) is 21.1 Å². The highest BCUT2D eigenvalue weighted by Gasteiger charge is 2.16. The average molecular weight is 378 g/mol. The molecule has 3 rings (SSSR count). The largest absolute Gasteiger partial charge is 0.420 e. The molecule has 1 N–H and O–H groups in total. The van der Waals surface area contributed by atoms with Crippen LogP contribution >= 0.6 is 27.3 Å². The summed E-state index contributed by atoms with van der Waals surface area (Å²) in [5.41, 5.74) is 1.33. The minimum absolute atomic E-state index is 0.165. The van der Waals surface area contributed by atoms with E-state index in [1.54, 1.807) is 13.0 Å². The van der Waals surface area contributed by atoms with Gasteiger partial charge in [0.05, 0.1) is 16.1 Å². The molecule has 0 bridgehead atoms. The zero-order valence-corrected chi connectivity index (χ0v) is 14.3. The van der Waals surface area contributed by atoms with Gasteiger partial charge in [0.25, 0.3) is 11.8 Å². The summed E-state index contributed by atoms with van der Waals surface area (Å²) in [4.78, 5) is 14.2. The number of benzene rings is 1. The molecular weight excluding hydrogens is 366 g/mol. The quantitative estimate of drug-likeness (QED) is 0.732. The Morgan fingerprint density at radius 1 is 1.27 bits per heavy atom. The number of hydrogen-bond donors (Lipinski definition) is 1. The highest BCUT2D eigenvalue weighted by atomic mass is 79.9. The molecule has 0 saturated heterocycles. The maximum atomic E-state index is 12.3. The van der Waals surface area contributed by atoms with Gasteiger partial charge in [-0.1, -0.05) is 12.1 Å². The van der Waals surface area contributed by atoms with E-state index in [9.17, 15) is 4.79 Å². The standard InChI is InChI=1S/C15H12BrN3O2S/c1-8-12(7-13(22-8)15-19-18-9(2)21-15)17-14(20)10-5-3-4-6-11(10)16/h3-7H,1-2H3,(H,17,20). The summed E-state index contributed by atoms with van der Waals surface area (Å²) in [6.45, 7) is 3.68. The van der Waals surface area contributed by atoms with Gasteiger partial charge < -0.3 is 9.73 Å². The number of halogens is 1. The van der Waals surface area contributed by atoms with Crippen molar-refractivity contribution in [2.45, 2.75) is 13.8 Å². The molecular formula is C15H12BrN3O2S. The fourth-order valence-electron chi connectivity index (χ4n) is 1.94. The number of aryl methyl sites for hydroxylation is 2. The molecule has 2 heterocycles. The van der Waals surface area contributed by atoms with Crippen molar-refractivity contribution in [1.82, 2.24) is 10.2 Å². The molecule has 3 aromatic rings. The van der Waals surface area contributed by atoms with E-state index in [-0.39, 0.29) is 5.91 Å². The van der Waals surface area contributed by atoms with Gasteiger partial charge in [-0.3, -0.25) is 4.79 Å². The summed E-state index contributed by atoms with van der Waals surface area (Å²) in [6.07, 6.45) is 0. The normalized spacial score (nSPS) is 10.7. The maximum absolute atomic E-state index is 12.3. The molecule has 1 aromatic carbocycles. The Labute approximate surface area is 139 Å². The number of thiophene rings is 1. The van der Waals surface area contributed by atoms with Crippen molar-refractivity contribution in [2.75, 3.05) is 5.32 Å². The monoisotopic (exact) mass is 377 g/mol. The molecule has 0 aliphatic carbocycles. The van der Waals surface area contributed by atoms with E-state index in [0.29, 0.717) is 17.3 Å². The van der Waals surface area contributed by atoms with Crippen LogP contribution in [0.3, 0.4) is 0 Å². The average Bonchev–Trinajstić information content (AvgIpc) is 3.06. The summed E-state index contributed by atoms with van der Waals surface area (Å²) < 4.78 is 6.17. The van der Waals surface area contributed by atoms with Crippen molar-refractivity contribution in [2.24, 2.45) is 0 Å². The third-order valence-corrected chi connectivity index (χ3v) is 4.75. The predicted molar refractivity (Wildman–Crippen MR) is 89.2 cm³/mol. The van der Waals surface area contributed by atoms with Crippen LogP contribution in [0.4, 0.5) is 5.69 Å². The molecule has 0 atom stereocenters. The molecule has 7 heteroatoms. The van der Waals surface area contributed by atoms with Gasteiger partial charge in [-0.05, 0) is 41.1 Å². The smallest absolute Gasteiger partial charge is 0.257 e. The Morgan fingerprint density at radius 3 is 2.73 bits per heavy atom. The lowest BCUT2D eigenvalue weighted by atomic mass is 10.2. The fraction of sp³-hybridized carbons (Fsp3) is 0.133. The Kier molecular flexibility index (Phi) is 4.08. The minimum atomic E-state index is -0.165. The number of nitrogens with one attached hydrogen (secondary N) is 1. The van der Waals surface area contributed by atoms with Gasteiger partial charge in [0.2, 0.25) is 5.89 Å². The highest BCUT2D eigenvalue weighted by Crippen LogP contribution is 2.34. The zero-order valence-electron chi connectivity index (χ0n) is 11.9. The van der Waals surface area contributed by atoms with Crippen LogP contribution in [0.15, 0.2) is 39.2 Å². The Bertz CT molecular complexity index is 841. The predicted octanol–water partition coefficient (Wildman–Crippen LogP) is 4.43. The molecule has 22 heavy (non-hydrogen) atoms. The molecule has 1 amide bonds. The number of carbonyl (C=O) groups excluding carboxylic acids is 1. The number of aromatic nitrogens is 2. The van der Waals surface area contributed by atoms with Gasteiger partial charge in [0.1, 0.15) is 0 Å². The number of rotatable bonds is 3. The van der Waals surface area contributed by atoms with Crippen molar-refractivity contribution in [3.05, 3.63) is 51.1 Å². The lowest BCUT2D eigenvalue weighted by molar-refractivity contribution is 0.102. The summed E-state index contributed by atoms with van der Waals surface area (Å²) in [7, 11) is 0. The lowest BCUT2D eigenvalue weighted by Crippen LogP contribution is -2.12. The van der Waals surface area contributed by atoms with Gasteiger partial charge in [0.15, 0.2) is 0 Å². The summed E-state index contributed by atoms with van der Waals surface area (Å²) in [6, 6.07) is 9.15. The molecule has 0 radical (unpaired) electrons. The van der Waals surface area contributed by atoms with Crippen LogP contribution in [-0.4, -0.2) is 16.1 Å². The van der Waals surface area contributed by atoms with Gasteiger partial charge in [-0.2, -0.15) is 0 Å². The Balaban J connectivity index is 1.86. The third-order valence-electron chi connectivity index (χ3n) is 3.02. The van der Waals surface area contributed by atoms with Crippen molar-refractivity contribution >= 4 is 38.9 Å². The van der Waals surface area contributed by atoms with Gasteiger partial charge in [-0.25, -0.2) is 0 Å². The summed E-state index contributed by atoms with van der Waals surface area (Å²) in [5, 5.41) is 10.7. The van der Waals surface area contributed by atoms with Crippen LogP contribution in [0.5, 0.6) is 0 Å². The van der Waals surface area contributed by atoms with Crippen molar-refractivity contribution in [3.8, 4) is 10.8 Å². The Hall–Kier alpha value is -1.99. The fourth-order valence-corrected chi connectivity index (χ4v) is 3.30.